The minimum atomic E-state index is -0.736. The Morgan fingerprint density at radius 1 is 1.23 bits per heavy atom. The molecule has 2 aliphatic rings. The van der Waals surface area contributed by atoms with Gasteiger partial charge in [0.25, 0.3) is 0 Å². The summed E-state index contributed by atoms with van der Waals surface area (Å²) < 4.78 is 18.5. The van der Waals surface area contributed by atoms with Gasteiger partial charge in [0.05, 0.1) is 29.9 Å². The summed E-state index contributed by atoms with van der Waals surface area (Å²) in [7, 11) is 1.49. The number of carbonyl (C=O) groups is 2. The minimum absolute atomic E-state index is 0. The Kier molecular flexibility index (Phi) is 8.96. The van der Waals surface area contributed by atoms with Gasteiger partial charge in [-0.3, -0.25) is 9.69 Å². The molecule has 0 radical (unpaired) electrons. The number of benzene rings is 2. The van der Waals surface area contributed by atoms with E-state index < -0.39 is 6.03 Å². The van der Waals surface area contributed by atoms with Gasteiger partial charge in [-0.15, -0.1) is 12.4 Å². The van der Waals surface area contributed by atoms with Crippen LogP contribution in [0.4, 0.5) is 14.9 Å². The summed E-state index contributed by atoms with van der Waals surface area (Å²) >= 11 is 6.17. The Morgan fingerprint density at radius 2 is 1.89 bits per heavy atom. The molecule has 2 aliphatic heterocycles. The van der Waals surface area contributed by atoms with E-state index in [-0.39, 0.29) is 36.2 Å². The zero-order chi connectivity index (χ0) is 24.2. The fourth-order valence-corrected chi connectivity index (χ4v) is 4.82. The summed E-state index contributed by atoms with van der Waals surface area (Å²) in [6, 6.07) is 8.97. The molecule has 2 saturated heterocycles. The van der Waals surface area contributed by atoms with Crippen LogP contribution in [0.25, 0.3) is 6.08 Å². The fraction of sp³-hybridized carbons (Fsp3) is 0.333. The van der Waals surface area contributed by atoms with E-state index in [9.17, 15) is 14.0 Å². The number of urea groups is 1. The van der Waals surface area contributed by atoms with Gasteiger partial charge in [-0.05, 0) is 35.9 Å². The van der Waals surface area contributed by atoms with E-state index in [1.807, 2.05) is 4.90 Å². The van der Waals surface area contributed by atoms with E-state index in [0.717, 1.165) is 5.56 Å². The van der Waals surface area contributed by atoms with Crippen molar-refractivity contribution in [3.8, 4) is 5.75 Å². The molecule has 11 heteroatoms. The van der Waals surface area contributed by atoms with Gasteiger partial charge >= 0.3 is 6.03 Å². The lowest BCUT2D eigenvalue weighted by molar-refractivity contribution is -0.136. The Hall–Kier alpha value is -2.85. The van der Waals surface area contributed by atoms with Crippen molar-refractivity contribution in [3.05, 3.63) is 64.4 Å². The van der Waals surface area contributed by atoms with Gasteiger partial charge in [0.15, 0.2) is 0 Å². The van der Waals surface area contributed by atoms with E-state index in [0.29, 0.717) is 54.7 Å². The highest BCUT2D eigenvalue weighted by atomic mass is 35.5. The van der Waals surface area contributed by atoms with Crippen molar-refractivity contribution >= 4 is 47.7 Å². The van der Waals surface area contributed by atoms with Gasteiger partial charge in [-0.2, -0.15) is 0 Å². The molecule has 188 valence electrons. The van der Waals surface area contributed by atoms with Crippen molar-refractivity contribution in [2.45, 2.75) is 18.6 Å². The van der Waals surface area contributed by atoms with Gasteiger partial charge in [-0.1, -0.05) is 23.7 Å². The summed E-state index contributed by atoms with van der Waals surface area (Å²) in [6.45, 7) is 3.52. The second-order valence-electron chi connectivity index (χ2n) is 8.43. The number of fused-ring (bicyclic) bond motifs is 2. The monoisotopic (exact) mass is 523 g/mol. The molecule has 2 aromatic rings. The van der Waals surface area contributed by atoms with E-state index in [2.05, 4.69) is 15.5 Å². The number of rotatable bonds is 6. The maximum Gasteiger partial charge on any atom is 0.316 e. The van der Waals surface area contributed by atoms with Crippen molar-refractivity contribution in [2.24, 2.45) is 5.73 Å². The van der Waals surface area contributed by atoms with Crippen molar-refractivity contribution in [1.29, 1.82) is 0 Å². The molecule has 2 fully saturated rings. The molecule has 0 spiro atoms. The van der Waals surface area contributed by atoms with Crippen molar-refractivity contribution in [1.82, 2.24) is 15.1 Å². The maximum absolute atomic E-state index is 13.2. The van der Waals surface area contributed by atoms with Gasteiger partial charge in [0.1, 0.15) is 11.6 Å². The van der Waals surface area contributed by atoms with E-state index in [1.54, 1.807) is 24.3 Å². The number of nitrogens with two attached hydrogens (primary N) is 1. The van der Waals surface area contributed by atoms with Gasteiger partial charge in [-0.25, -0.2) is 9.18 Å². The second-order valence-corrected chi connectivity index (χ2v) is 8.84. The minimum Gasteiger partial charge on any atom is -0.495 e. The highest BCUT2D eigenvalue weighted by Gasteiger charge is 2.39. The fourth-order valence-electron chi connectivity index (χ4n) is 4.58. The van der Waals surface area contributed by atoms with Gasteiger partial charge in [0, 0.05) is 44.4 Å². The predicted molar refractivity (Wildman–Crippen MR) is 136 cm³/mol. The second kappa shape index (κ2) is 11.7. The van der Waals surface area contributed by atoms with Crippen LogP contribution >= 0.6 is 24.0 Å². The Balaban J connectivity index is 0.00000342. The molecule has 3 amide bonds. The molecule has 2 heterocycles. The molecular formula is C24H28Cl2FN5O3. The van der Waals surface area contributed by atoms with E-state index >= 15 is 0 Å². The highest BCUT2D eigenvalue weighted by molar-refractivity contribution is 6.32. The molecule has 8 nitrogen and oxygen atoms in total. The van der Waals surface area contributed by atoms with Crippen LogP contribution in [-0.2, 0) is 11.3 Å². The number of methoxy groups -OCH3 is 1. The number of hydrogen-bond acceptors (Lipinski definition) is 5. The van der Waals surface area contributed by atoms with E-state index in [1.165, 1.54) is 31.4 Å². The number of ether oxygens (including phenoxy) is 1. The summed E-state index contributed by atoms with van der Waals surface area (Å²) in [5.41, 5.74) is 7.24. The third-order valence-corrected chi connectivity index (χ3v) is 6.34. The van der Waals surface area contributed by atoms with Gasteiger partial charge < -0.3 is 26.0 Å². The lowest BCUT2D eigenvalue weighted by atomic mass is 10.0. The normalized spacial score (nSPS) is 19.8. The van der Waals surface area contributed by atoms with Crippen LogP contribution in [0, 0.1) is 5.82 Å². The number of carbonyl (C=O) groups excluding carboxylic acids is 2. The first kappa shape index (κ1) is 26.7. The zero-order valence-electron chi connectivity index (χ0n) is 19.2. The number of halogens is 3. The summed E-state index contributed by atoms with van der Waals surface area (Å²) in [6.07, 6.45) is 3.12. The SMILES string of the molecule is COc1cc(C=CC(=O)N2C3CNCC2CN(Cc2ccc(F)cc2)C3)c(NC(N)=O)cc1Cl.Cl. The smallest absolute Gasteiger partial charge is 0.316 e. The Bertz CT molecular complexity index is 1090. The Labute approximate surface area is 214 Å². The first-order chi connectivity index (χ1) is 16.3. The quantitative estimate of drug-likeness (QED) is 0.505. The van der Waals surface area contributed by atoms with Crippen LogP contribution < -0.4 is 21.1 Å². The summed E-state index contributed by atoms with van der Waals surface area (Å²) in [4.78, 5) is 28.8. The van der Waals surface area contributed by atoms with Crippen molar-refractivity contribution in [2.75, 3.05) is 38.6 Å². The molecule has 2 atom stereocenters. The summed E-state index contributed by atoms with van der Waals surface area (Å²) in [5.74, 6) is 0.0515. The van der Waals surface area contributed by atoms with Crippen LogP contribution in [0.15, 0.2) is 42.5 Å². The number of nitrogens with zero attached hydrogens (tertiary/aromatic N) is 2. The van der Waals surface area contributed by atoms with E-state index in [4.69, 9.17) is 22.1 Å². The van der Waals surface area contributed by atoms with Gasteiger partial charge in [0.2, 0.25) is 5.91 Å². The topological polar surface area (TPSA) is 99.9 Å². The average molecular weight is 524 g/mol. The number of primary amides is 1. The largest absolute Gasteiger partial charge is 0.495 e. The first-order valence-electron chi connectivity index (χ1n) is 11.0. The third-order valence-electron chi connectivity index (χ3n) is 6.05. The number of amides is 3. The third kappa shape index (κ3) is 6.43. The van der Waals surface area contributed by atoms with Crippen molar-refractivity contribution in [3.63, 3.8) is 0 Å². The number of nitrogens with one attached hydrogen (secondary N) is 2. The molecule has 2 bridgehead atoms. The molecule has 2 aromatic carbocycles. The number of anilines is 1. The highest BCUT2D eigenvalue weighted by Crippen LogP contribution is 2.32. The number of piperazine rings is 2. The van der Waals surface area contributed by atoms with Crippen LogP contribution in [0.3, 0.4) is 0 Å². The molecule has 4 N–H and O–H groups in total. The lowest BCUT2D eigenvalue weighted by Gasteiger charge is -2.50. The molecule has 4 rings (SSSR count). The van der Waals surface area contributed by atoms with Crippen molar-refractivity contribution < 1.29 is 18.7 Å². The van der Waals surface area contributed by atoms with Crippen LogP contribution in [0.5, 0.6) is 5.75 Å². The molecule has 35 heavy (non-hydrogen) atoms. The lowest BCUT2D eigenvalue weighted by Crippen LogP contribution is -2.68. The van der Waals surface area contributed by atoms with Crippen LogP contribution in [-0.4, -0.2) is 67.1 Å². The zero-order valence-corrected chi connectivity index (χ0v) is 20.7. The molecule has 0 aliphatic carbocycles. The van der Waals surface area contributed by atoms with Crippen LogP contribution in [0.1, 0.15) is 11.1 Å². The predicted octanol–water partition coefficient (Wildman–Crippen LogP) is 3.10. The first-order valence-corrected chi connectivity index (χ1v) is 11.3. The summed E-state index contributed by atoms with van der Waals surface area (Å²) in [5, 5.41) is 6.24. The maximum atomic E-state index is 13.2. The molecule has 0 saturated carbocycles. The molecule has 0 aromatic heterocycles. The number of hydrogen-bond donors (Lipinski definition) is 3. The average Bonchev–Trinajstić information content (AvgIpc) is 2.79. The van der Waals surface area contributed by atoms with Crippen LogP contribution in [0.2, 0.25) is 5.02 Å². The Morgan fingerprint density at radius 3 is 2.49 bits per heavy atom. The standard InChI is InChI=1S/C24H27ClFN5O3.ClH/c1-34-22-8-16(21(9-20(22)25)29-24(27)33)4-7-23(32)31-18-10-28-11-19(31)14-30(13-18)12-15-2-5-17(26)6-3-15;/h2-9,18-19,28H,10-14H2,1H3,(H3,27,29,33);1H. The molecule has 2 unspecified atom stereocenters. The molecular weight excluding hydrogens is 496 g/mol.